The lowest BCUT2D eigenvalue weighted by molar-refractivity contribution is -0.315. The molecular weight excluding hydrogens is 468 g/mol. The number of fused-ring (bicyclic) bond motifs is 1. The second-order valence-corrected chi connectivity index (χ2v) is 10.6. The van der Waals surface area contributed by atoms with Crippen LogP contribution < -0.4 is 5.32 Å². The minimum absolute atomic E-state index is 0.0296. The molecule has 0 aliphatic heterocycles. The van der Waals surface area contributed by atoms with Gasteiger partial charge >= 0.3 is 0 Å². The lowest BCUT2D eigenvalue weighted by Crippen LogP contribution is -2.36. The van der Waals surface area contributed by atoms with Crippen molar-refractivity contribution in [3.8, 4) is 11.3 Å². The van der Waals surface area contributed by atoms with Gasteiger partial charge in [-0.15, -0.1) is 0 Å². The minimum atomic E-state index is -1.27. The number of hydrogen-bond donors (Lipinski definition) is 2. The van der Waals surface area contributed by atoms with Gasteiger partial charge in [0.05, 0.1) is 23.4 Å². The molecule has 4 rings (SSSR count). The topological polar surface area (TPSA) is 94.3 Å². The highest BCUT2D eigenvalue weighted by Crippen LogP contribution is 2.31. The summed E-state index contributed by atoms with van der Waals surface area (Å²) in [5, 5.41) is 13.3. The monoisotopic (exact) mass is 503 g/mol. The first-order valence-corrected chi connectivity index (χ1v) is 12.4. The number of imidazole rings is 1. The molecule has 3 aromatic rings. The van der Waals surface area contributed by atoms with Crippen LogP contribution in [0.25, 0.3) is 22.3 Å². The third-order valence-electron chi connectivity index (χ3n) is 6.23. The summed E-state index contributed by atoms with van der Waals surface area (Å²) in [6.45, 7) is 10.1. The molecule has 196 valence electrons. The molecule has 1 unspecified atom stereocenters. The number of halogens is 2. The van der Waals surface area contributed by atoms with Crippen LogP contribution in [0.15, 0.2) is 18.3 Å². The van der Waals surface area contributed by atoms with Crippen LogP contribution >= 0.6 is 0 Å². The van der Waals surface area contributed by atoms with Gasteiger partial charge in [-0.1, -0.05) is 0 Å². The van der Waals surface area contributed by atoms with Gasteiger partial charge in [0.15, 0.2) is 11.6 Å². The first kappa shape index (κ1) is 26.4. The van der Waals surface area contributed by atoms with E-state index in [1.165, 1.54) is 6.07 Å². The van der Waals surface area contributed by atoms with Crippen molar-refractivity contribution in [1.82, 2.24) is 19.5 Å². The van der Waals surface area contributed by atoms with Gasteiger partial charge in [0, 0.05) is 17.6 Å². The Labute approximate surface area is 210 Å². The normalized spacial score (nSPS) is 19.7. The molecule has 1 aliphatic carbocycles. The first-order chi connectivity index (χ1) is 16.9. The molecule has 0 amide bonds. The first-order valence-electron chi connectivity index (χ1n) is 12.4. The van der Waals surface area contributed by atoms with Gasteiger partial charge in [-0.3, -0.25) is 0 Å². The zero-order valence-corrected chi connectivity index (χ0v) is 21.7. The van der Waals surface area contributed by atoms with Crippen LogP contribution in [0.3, 0.4) is 0 Å². The summed E-state index contributed by atoms with van der Waals surface area (Å²) in [6.07, 6.45) is 3.95. The van der Waals surface area contributed by atoms with E-state index in [4.69, 9.17) is 9.47 Å². The van der Waals surface area contributed by atoms with Crippen molar-refractivity contribution in [2.75, 3.05) is 5.32 Å². The Hall–Kier alpha value is -2.69. The number of anilines is 1. The van der Waals surface area contributed by atoms with E-state index in [0.29, 0.717) is 16.9 Å². The van der Waals surface area contributed by atoms with Gasteiger partial charge in [0.1, 0.15) is 17.0 Å². The number of benzene rings is 1. The Kier molecular flexibility index (Phi) is 7.59. The molecule has 1 saturated carbocycles. The molecule has 8 nitrogen and oxygen atoms in total. The molecule has 1 atom stereocenters. The summed E-state index contributed by atoms with van der Waals surface area (Å²) in [5.74, 6) is -0.176. The third-order valence-corrected chi connectivity index (χ3v) is 6.23. The van der Waals surface area contributed by atoms with Crippen molar-refractivity contribution in [3.63, 3.8) is 0 Å². The smallest absolute Gasteiger partial charge is 0.269 e. The fourth-order valence-electron chi connectivity index (χ4n) is 4.72. The summed E-state index contributed by atoms with van der Waals surface area (Å²) in [6, 6.07) is 3.12. The molecular formula is C26H35F2N5O3. The van der Waals surface area contributed by atoms with E-state index < -0.39 is 23.7 Å². The number of aliphatic hydroxyl groups excluding tert-OH is 1. The highest BCUT2D eigenvalue weighted by atomic mass is 19.1. The van der Waals surface area contributed by atoms with Crippen LogP contribution in [-0.4, -0.2) is 48.8 Å². The molecule has 2 aromatic heterocycles. The lowest BCUT2D eigenvalue weighted by Gasteiger charge is -2.32. The van der Waals surface area contributed by atoms with Gasteiger partial charge in [0.25, 0.3) is 6.48 Å². The standard InChI is InChI=1S/C26H35F2N5O3/c1-14(2)33-15(3)30-23-19(27)11-16(12-21(23)33)22-20(28)13-29-24(32-22)31-17-7-9-18(10-8-17)35-25(34)36-26(4,5)6/h11-14,17-18,25,34H,7-10H2,1-6H3,(H,29,31,32). The Bertz CT molecular complexity index is 1220. The molecule has 10 heteroatoms. The highest BCUT2D eigenvalue weighted by Gasteiger charge is 2.27. The van der Waals surface area contributed by atoms with Crippen molar-refractivity contribution in [1.29, 1.82) is 0 Å². The van der Waals surface area contributed by atoms with Gasteiger partial charge in [0.2, 0.25) is 5.95 Å². The fourth-order valence-corrected chi connectivity index (χ4v) is 4.72. The molecule has 2 N–H and O–H groups in total. The van der Waals surface area contributed by atoms with E-state index in [-0.39, 0.29) is 35.3 Å². The largest absolute Gasteiger partial charge is 0.351 e. The molecule has 0 radical (unpaired) electrons. The van der Waals surface area contributed by atoms with Crippen LogP contribution in [0, 0.1) is 18.6 Å². The second-order valence-electron chi connectivity index (χ2n) is 10.6. The maximum Gasteiger partial charge on any atom is 0.269 e. The van der Waals surface area contributed by atoms with E-state index in [1.54, 1.807) is 6.07 Å². The predicted octanol–water partition coefficient (Wildman–Crippen LogP) is 5.49. The number of hydrogen-bond acceptors (Lipinski definition) is 7. The lowest BCUT2D eigenvalue weighted by atomic mass is 9.93. The van der Waals surface area contributed by atoms with Crippen LogP contribution in [0.2, 0.25) is 0 Å². The molecule has 0 saturated heterocycles. The van der Waals surface area contributed by atoms with E-state index in [0.717, 1.165) is 31.9 Å². The quantitative estimate of drug-likeness (QED) is 0.412. The van der Waals surface area contributed by atoms with Crippen molar-refractivity contribution < 1.29 is 23.4 Å². The van der Waals surface area contributed by atoms with E-state index in [1.807, 2.05) is 46.1 Å². The van der Waals surface area contributed by atoms with Gasteiger partial charge < -0.3 is 24.5 Å². The summed E-state index contributed by atoms with van der Waals surface area (Å²) in [5.41, 5.74) is 0.712. The summed E-state index contributed by atoms with van der Waals surface area (Å²) >= 11 is 0. The predicted molar refractivity (Wildman–Crippen MR) is 133 cm³/mol. The van der Waals surface area contributed by atoms with Crippen molar-refractivity contribution >= 4 is 17.0 Å². The van der Waals surface area contributed by atoms with Gasteiger partial charge in [-0.05, 0) is 79.4 Å². The molecule has 0 bridgehead atoms. The molecule has 1 aliphatic rings. The molecule has 36 heavy (non-hydrogen) atoms. The minimum Gasteiger partial charge on any atom is -0.351 e. The van der Waals surface area contributed by atoms with Gasteiger partial charge in [-0.25, -0.2) is 23.7 Å². The zero-order valence-electron chi connectivity index (χ0n) is 21.7. The molecule has 1 fully saturated rings. The van der Waals surface area contributed by atoms with E-state index in [9.17, 15) is 13.9 Å². The van der Waals surface area contributed by atoms with Crippen LogP contribution in [0.5, 0.6) is 0 Å². The molecule has 1 aromatic carbocycles. The fraction of sp³-hybridized carbons (Fsp3) is 0.577. The van der Waals surface area contributed by atoms with Gasteiger partial charge in [-0.2, -0.15) is 0 Å². The number of rotatable bonds is 7. The van der Waals surface area contributed by atoms with Crippen LogP contribution in [0.4, 0.5) is 14.7 Å². The average Bonchev–Trinajstić information content (AvgIpc) is 3.11. The maximum absolute atomic E-state index is 14.9. The maximum atomic E-state index is 14.9. The Morgan fingerprint density at radius 2 is 1.78 bits per heavy atom. The number of aromatic nitrogens is 4. The average molecular weight is 504 g/mol. The Balaban J connectivity index is 1.47. The SMILES string of the molecule is Cc1nc2c(F)cc(-c3nc(NC4CCC(OC(O)OC(C)(C)C)CC4)ncc3F)cc2n1C(C)C. The number of nitrogens with zero attached hydrogens (tertiary/aromatic N) is 4. The molecule has 2 heterocycles. The van der Waals surface area contributed by atoms with E-state index in [2.05, 4.69) is 20.3 Å². The number of aliphatic hydroxyl groups is 1. The van der Waals surface area contributed by atoms with Crippen LogP contribution in [-0.2, 0) is 9.47 Å². The molecule has 0 spiro atoms. The number of nitrogens with one attached hydrogen (secondary N) is 1. The second kappa shape index (κ2) is 10.4. The number of ether oxygens (including phenoxy) is 2. The highest BCUT2D eigenvalue weighted by molar-refractivity contribution is 5.83. The third kappa shape index (κ3) is 5.99. The zero-order chi connectivity index (χ0) is 26.2. The summed E-state index contributed by atoms with van der Waals surface area (Å²) in [4.78, 5) is 12.8. The van der Waals surface area contributed by atoms with Crippen molar-refractivity contribution in [3.05, 3.63) is 35.8 Å². The number of aryl methyl sites for hydroxylation is 1. The Morgan fingerprint density at radius 1 is 1.08 bits per heavy atom. The van der Waals surface area contributed by atoms with Crippen molar-refractivity contribution in [2.24, 2.45) is 0 Å². The summed E-state index contributed by atoms with van der Waals surface area (Å²) < 4.78 is 42.6. The van der Waals surface area contributed by atoms with Crippen LogP contribution in [0.1, 0.15) is 72.2 Å². The Morgan fingerprint density at radius 3 is 2.42 bits per heavy atom. The van der Waals surface area contributed by atoms with Crippen molar-refractivity contribution in [2.45, 2.75) is 97.5 Å². The van der Waals surface area contributed by atoms with E-state index >= 15 is 0 Å². The summed E-state index contributed by atoms with van der Waals surface area (Å²) in [7, 11) is 0.